The molecule has 0 aromatic carbocycles. The number of piperidine rings is 1. The van der Waals surface area contributed by atoms with Gasteiger partial charge in [-0.15, -0.1) is 0 Å². The molecule has 2 rings (SSSR count). The number of morpholine rings is 1. The van der Waals surface area contributed by atoms with Crippen LogP contribution in [0, 0.1) is 5.92 Å². The van der Waals surface area contributed by atoms with E-state index in [1.165, 1.54) is 0 Å². The molecule has 1 atom stereocenters. The molecule has 0 saturated carbocycles. The number of primary amides is 1. The molecule has 1 unspecified atom stereocenters. The summed E-state index contributed by atoms with van der Waals surface area (Å²) in [7, 11) is 0. The van der Waals surface area contributed by atoms with Crippen molar-refractivity contribution in [3.63, 3.8) is 0 Å². The average Bonchev–Trinajstić information content (AvgIpc) is 2.70. The molecule has 1 amide bonds. The van der Waals surface area contributed by atoms with Crippen LogP contribution in [0.3, 0.4) is 0 Å². The number of hydrogen-bond donors (Lipinski definition) is 3. The largest absolute Gasteiger partial charge is 0.379 e. The second-order valence-electron chi connectivity index (χ2n) is 8.43. The fourth-order valence-corrected chi connectivity index (χ4v) is 3.88. The molecule has 8 nitrogen and oxygen atoms in total. The molecular formula is C20H40N6O2. The molecule has 0 aromatic rings. The van der Waals surface area contributed by atoms with E-state index in [4.69, 9.17) is 15.5 Å². The predicted molar refractivity (Wildman–Crippen MR) is 113 cm³/mol. The standard InChI is InChI=1S/C20H40N6O2/c1-4-22-19(24-16-20(2,3)26-11-13-28-14-12-26)23-8-6-10-25-9-5-7-17(15-25)18(21)27/h17H,4-16H2,1-3H3,(H2,21,27)(H2,22,23,24). The van der Waals surface area contributed by atoms with Crippen LogP contribution in [0.25, 0.3) is 0 Å². The first-order chi connectivity index (χ1) is 13.4. The number of guanidine groups is 1. The van der Waals surface area contributed by atoms with Crippen LogP contribution in [0.1, 0.15) is 40.0 Å². The van der Waals surface area contributed by atoms with Gasteiger partial charge in [0.15, 0.2) is 5.96 Å². The van der Waals surface area contributed by atoms with Gasteiger partial charge in [-0.25, -0.2) is 0 Å². The zero-order valence-electron chi connectivity index (χ0n) is 18.0. The molecule has 2 fully saturated rings. The van der Waals surface area contributed by atoms with Crippen LogP contribution in [0.5, 0.6) is 0 Å². The van der Waals surface area contributed by atoms with E-state index < -0.39 is 0 Å². The Morgan fingerprint density at radius 3 is 2.68 bits per heavy atom. The second kappa shape index (κ2) is 11.6. The van der Waals surface area contributed by atoms with E-state index in [2.05, 4.69) is 41.2 Å². The summed E-state index contributed by atoms with van der Waals surface area (Å²) >= 11 is 0. The van der Waals surface area contributed by atoms with Gasteiger partial charge < -0.3 is 26.0 Å². The number of nitrogens with one attached hydrogen (secondary N) is 2. The highest BCUT2D eigenvalue weighted by Gasteiger charge is 2.28. The average molecular weight is 397 g/mol. The Kier molecular flexibility index (Phi) is 9.47. The lowest BCUT2D eigenvalue weighted by Crippen LogP contribution is -2.52. The van der Waals surface area contributed by atoms with Crippen LogP contribution in [-0.2, 0) is 9.53 Å². The number of rotatable bonds is 9. The lowest BCUT2D eigenvalue weighted by atomic mass is 9.97. The third-order valence-electron chi connectivity index (χ3n) is 5.69. The maximum absolute atomic E-state index is 11.4. The second-order valence-corrected chi connectivity index (χ2v) is 8.43. The van der Waals surface area contributed by atoms with E-state index in [0.717, 1.165) is 90.8 Å². The van der Waals surface area contributed by atoms with Crippen molar-refractivity contribution in [1.29, 1.82) is 0 Å². The highest BCUT2D eigenvalue weighted by Crippen LogP contribution is 2.17. The number of nitrogens with two attached hydrogens (primary N) is 1. The molecule has 2 aliphatic heterocycles. The van der Waals surface area contributed by atoms with Crippen LogP contribution >= 0.6 is 0 Å². The van der Waals surface area contributed by atoms with Crippen molar-refractivity contribution in [2.75, 3.05) is 65.6 Å². The van der Waals surface area contributed by atoms with Crippen LogP contribution in [-0.4, -0.2) is 92.8 Å². The summed E-state index contributed by atoms with van der Waals surface area (Å²) in [6.45, 7) is 15.4. The molecule has 0 bridgehead atoms. The molecule has 0 radical (unpaired) electrons. The van der Waals surface area contributed by atoms with Crippen LogP contribution in [0.4, 0.5) is 0 Å². The minimum Gasteiger partial charge on any atom is -0.379 e. The van der Waals surface area contributed by atoms with Crippen LogP contribution in [0.15, 0.2) is 4.99 Å². The summed E-state index contributed by atoms with van der Waals surface area (Å²) in [5, 5.41) is 6.79. The molecule has 2 aliphatic rings. The van der Waals surface area contributed by atoms with Gasteiger partial charge in [-0.1, -0.05) is 0 Å². The van der Waals surface area contributed by atoms with Gasteiger partial charge in [0, 0.05) is 38.3 Å². The number of carbonyl (C=O) groups excluding carboxylic acids is 1. The lowest BCUT2D eigenvalue weighted by Gasteiger charge is -2.39. The Morgan fingerprint density at radius 1 is 1.25 bits per heavy atom. The molecule has 0 aromatic heterocycles. The number of aliphatic imine (C=N–C) groups is 1. The zero-order valence-corrected chi connectivity index (χ0v) is 18.0. The van der Waals surface area contributed by atoms with E-state index in [0.29, 0.717) is 0 Å². The molecule has 0 aliphatic carbocycles. The Bertz CT molecular complexity index is 505. The molecule has 2 heterocycles. The van der Waals surface area contributed by atoms with Gasteiger partial charge >= 0.3 is 0 Å². The van der Waals surface area contributed by atoms with Gasteiger partial charge in [0.25, 0.3) is 0 Å². The summed E-state index contributed by atoms with van der Waals surface area (Å²) in [6.07, 6.45) is 3.00. The number of amides is 1. The molecule has 162 valence electrons. The Labute approximate surface area is 170 Å². The smallest absolute Gasteiger partial charge is 0.221 e. The summed E-state index contributed by atoms with van der Waals surface area (Å²) in [6, 6.07) is 0. The minimum absolute atomic E-state index is 0.0167. The summed E-state index contributed by atoms with van der Waals surface area (Å²) in [4.78, 5) is 21.0. The third kappa shape index (κ3) is 7.56. The van der Waals surface area contributed by atoms with Crippen molar-refractivity contribution in [3.8, 4) is 0 Å². The van der Waals surface area contributed by atoms with Gasteiger partial charge in [0.05, 0.1) is 25.7 Å². The van der Waals surface area contributed by atoms with E-state index in [-0.39, 0.29) is 17.4 Å². The van der Waals surface area contributed by atoms with Crippen LogP contribution < -0.4 is 16.4 Å². The monoisotopic (exact) mass is 396 g/mol. The van der Waals surface area contributed by atoms with Crippen molar-refractivity contribution in [2.45, 2.75) is 45.6 Å². The lowest BCUT2D eigenvalue weighted by molar-refractivity contribution is -0.123. The van der Waals surface area contributed by atoms with Gasteiger partial charge in [-0.3, -0.25) is 14.7 Å². The fraction of sp³-hybridized carbons (Fsp3) is 0.900. The van der Waals surface area contributed by atoms with Gasteiger partial charge in [-0.2, -0.15) is 0 Å². The predicted octanol–water partition coefficient (Wildman–Crippen LogP) is 0.240. The Balaban J connectivity index is 1.74. The minimum atomic E-state index is -0.160. The molecular weight excluding hydrogens is 356 g/mol. The van der Waals surface area contributed by atoms with E-state index in [1.54, 1.807) is 0 Å². The molecule has 4 N–H and O–H groups in total. The fourth-order valence-electron chi connectivity index (χ4n) is 3.88. The normalized spacial score (nSPS) is 22.8. The highest BCUT2D eigenvalue weighted by atomic mass is 16.5. The van der Waals surface area contributed by atoms with Crippen molar-refractivity contribution >= 4 is 11.9 Å². The summed E-state index contributed by atoms with van der Waals surface area (Å²) in [5.41, 5.74) is 5.48. The number of ether oxygens (including phenoxy) is 1. The summed E-state index contributed by atoms with van der Waals surface area (Å²) < 4.78 is 5.46. The number of likely N-dealkylation sites (tertiary alicyclic amines) is 1. The first kappa shape index (κ1) is 22.9. The Hall–Kier alpha value is -1.38. The van der Waals surface area contributed by atoms with Gasteiger partial charge in [0.2, 0.25) is 5.91 Å². The van der Waals surface area contributed by atoms with Crippen molar-refractivity contribution in [3.05, 3.63) is 0 Å². The van der Waals surface area contributed by atoms with E-state index in [1.807, 2.05) is 0 Å². The molecule has 2 saturated heterocycles. The number of carbonyl (C=O) groups is 1. The maximum Gasteiger partial charge on any atom is 0.221 e. The number of nitrogens with zero attached hydrogens (tertiary/aromatic N) is 3. The zero-order chi connectivity index (χ0) is 20.4. The molecule has 28 heavy (non-hydrogen) atoms. The first-order valence-electron chi connectivity index (χ1n) is 10.8. The first-order valence-corrected chi connectivity index (χ1v) is 10.8. The highest BCUT2D eigenvalue weighted by molar-refractivity contribution is 5.79. The van der Waals surface area contributed by atoms with Crippen molar-refractivity contribution in [2.24, 2.45) is 16.6 Å². The third-order valence-corrected chi connectivity index (χ3v) is 5.69. The Morgan fingerprint density at radius 2 is 2.00 bits per heavy atom. The maximum atomic E-state index is 11.4. The number of hydrogen-bond acceptors (Lipinski definition) is 5. The van der Waals surface area contributed by atoms with Gasteiger partial charge in [-0.05, 0) is 53.1 Å². The topological polar surface area (TPSA) is 95.2 Å². The van der Waals surface area contributed by atoms with E-state index >= 15 is 0 Å². The molecule has 8 heteroatoms. The SMILES string of the molecule is CCNC(=NCC(C)(C)N1CCOCC1)NCCCN1CCCC(C(N)=O)C1. The van der Waals surface area contributed by atoms with Gasteiger partial charge in [0.1, 0.15) is 0 Å². The van der Waals surface area contributed by atoms with Crippen molar-refractivity contribution in [1.82, 2.24) is 20.4 Å². The summed E-state index contributed by atoms with van der Waals surface area (Å²) in [5.74, 6) is 0.729. The van der Waals surface area contributed by atoms with E-state index in [9.17, 15) is 4.79 Å². The molecule has 0 spiro atoms. The quantitative estimate of drug-likeness (QED) is 0.294. The van der Waals surface area contributed by atoms with Crippen LogP contribution in [0.2, 0.25) is 0 Å². The van der Waals surface area contributed by atoms with Crippen molar-refractivity contribution < 1.29 is 9.53 Å².